The van der Waals surface area contributed by atoms with E-state index in [1.54, 1.807) is 0 Å². The minimum Gasteiger partial charge on any atom is -0.356 e. The maximum Gasteiger partial charge on any atom is 0.401 e. The van der Waals surface area contributed by atoms with Crippen LogP contribution in [0.25, 0.3) is 0 Å². The molecular formula is C10H16BrF3N2O. The van der Waals surface area contributed by atoms with Crippen LogP contribution in [0, 0.1) is 5.92 Å². The molecule has 17 heavy (non-hydrogen) atoms. The Kier molecular flexibility index (Phi) is 5.72. The predicted molar refractivity (Wildman–Crippen MR) is 62.0 cm³/mol. The number of halogens is 4. The van der Waals surface area contributed by atoms with E-state index in [0.29, 0.717) is 37.8 Å². The topological polar surface area (TPSA) is 32.3 Å². The summed E-state index contributed by atoms with van der Waals surface area (Å²) in [5.41, 5.74) is 0. The maximum absolute atomic E-state index is 12.1. The van der Waals surface area contributed by atoms with Gasteiger partial charge in [0.25, 0.3) is 0 Å². The van der Waals surface area contributed by atoms with Gasteiger partial charge in [0.15, 0.2) is 0 Å². The van der Waals surface area contributed by atoms with Gasteiger partial charge in [-0.15, -0.1) is 0 Å². The third kappa shape index (κ3) is 6.26. The number of carbonyl (C=O) groups excluding carboxylic acids is 1. The molecule has 1 aliphatic heterocycles. The van der Waals surface area contributed by atoms with Crippen LogP contribution in [0.3, 0.4) is 0 Å². The van der Waals surface area contributed by atoms with Crippen molar-refractivity contribution in [2.75, 3.05) is 31.5 Å². The zero-order valence-electron chi connectivity index (χ0n) is 9.39. The molecule has 0 aromatic heterocycles. The fourth-order valence-corrected chi connectivity index (χ4v) is 2.27. The molecule has 0 aromatic carbocycles. The Balaban J connectivity index is 2.20. The molecule has 7 heteroatoms. The van der Waals surface area contributed by atoms with Crippen LogP contribution >= 0.6 is 15.9 Å². The summed E-state index contributed by atoms with van der Waals surface area (Å²) in [7, 11) is 0. The highest BCUT2D eigenvalue weighted by Gasteiger charge is 2.34. The van der Waals surface area contributed by atoms with E-state index < -0.39 is 12.7 Å². The van der Waals surface area contributed by atoms with Gasteiger partial charge in [-0.05, 0) is 18.9 Å². The van der Waals surface area contributed by atoms with Crippen LogP contribution in [0.5, 0.6) is 0 Å². The van der Waals surface area contributed by atoms with Crippen LogP contribution in [-0.2, 0) is 4.79 Å². The fourth-order valence-electron chi connectivity index (χ4n) is 1.91. The van der Waals surface area contributed by atoms with Crippen molar-refractivity contribution in [2.45, 2.75) is 19.0 Å². The van der Waals surface area contributed by atoms with E-state index in [2.05, 4.69) is 21.2 Å². The Morgan fingerprint density at radius 1 is 1.47 bits per heavy atom. The molecule has 1 atom stereocenters. The predicted octanol–water partition coefficient (Wildman–Crippen LogP) is 1.77. The number of rotatable bonds is 5. The van der Waals surface area contributed by atoms with Crippen molar-refractivity contribution in [1.29, 1.82) is 0 Å². The summed E-state index contributed by atoms with van der Waals surface area (Å²) in [5, 5.41) is 3.33. The lowest BCUT2D eigenvalue weighted by Crippen LogP contribution is -2.34. The van der Waals surface area contributed by atoms with Gasteiger partial charge in [0.2, 0.25) is 5.91 Å². The van der Waals surface area contributed by atoms with Crippen LogP contribution in [0.4, 0.5) is 13.2 Å². The van der Waals surface area contributed by atoms with Crippen molar-refractivity contribution in [3.63, 3.8) is 0 Å². The van der Waals surface area contributed by atoms with Crippen molar-refractivity contribution in [2.24, 2.45) is 5.92 Å². The first-order valence-corrected chi connectivity index (χ1v) is 6.64. The number of nitrogens with one attached hydrogen (secondary N) is 1. The molecule has 1 unspecified atom stereocenters. The zero-order valence-corrected chi connectivity index (χ0v) is 11.0. The maximum atomic E-state index is 12.1. The molecular weight excluding hydrogens is 301 g/mol. The molecule has 1 rings (SSSR count). The largest absolute Gasteiger partial charge is 0.401 e. The van der Waals surface area contributed by atoms with Gasteiger partial charge in [-0.2, -0.15) is 13.2 Å². The van der Waals surface area contributed by atoms with Crippen molar-refractivity contribution < 1.29 is 18.0 Å². The Labute approximate surface area is 107 Å². The molecule has 0 aromatic rings. The van der Waals surface area contributed by atoms with Crippen LogP contribution in [0.2, 0.25) is 0 Å². The molecule has 3 nitrogen and oxygen atoms in total. The number of alkyl halides is 4. The zero-order chi connectivity index (χ0) is 12.9. The second kappa shape index (κ2) is 6.58. The molecule has 1 saturated heterocycles. The Morgan fingerprint density at radius 3 is 2.76 bits per heavy atom. The molecule has 0 aliphatic carbocycles. The Hall–Kier alpha value is -0.300. The van der Waals surface area contributed by atoms with E-state index in [4.69, 9.17) is 0 Å². The number of likely N-dealkylation sites (tertiary alicyclic amines) is 1. The van der Waals surface area contributed by atoms with Gasteiger partial charge in [-0.25, -0.2) is 0 Å². The van der Waals surface area contributed by atoms with E-state index in [1.807, 2.05) is 0 Å². The number of nitrogens with zero attached hydrogens (tertiary/aromatic N) is 1. The first-order chi connectivity index (χ1) is 7.90. The fraction of sp³-hybridized carbons (Fsp3) is 0.900. The van der Waals surface area contributed by atoms with Crippen LogP contribution < -0.4 is 5.32 Å². The van der Waals surface area contributed by atoms with Gasteiger partial charge in [0.05, 0.1) is 6.54 Å². The summed E-state index contributed by atoms with van der Waals surface area (Å²) in [6.45, 7) is 0.492. The summed E-state index contributed by atoms with van der Waals surface area (Å²) in [4.78, 5) is 12.6. The lowest BCUT2D eigenvalue weighted by molar-refractivity contribution is -0.143. The molecule has 0 spiro atoms. The number of hydrogen-bond acceptors (Lipinski definition) is 2. The van der Waals surface area contributed by atoms with E-state index in [0.717, 1.165) is 0 Å². The van der Waals surface area contributed by atoms with Gasteiger partial charge < -0.3 is 5.32 Å². The molecule has 0 radical (unpaired) electrons. The van der Waals surface area contributed by atoms with E-state index in [1.165, 1.54) is 4.90 Å². The standard InChI is InChI=1S/C10H16BrF3N2O/c11-3-1-9(17)15-5-8-2-4-16(6-8)7-10(12,13)14/h8H,1-7H2,(H,15,17). The highest BCUT2D eigenvalue weighted by Crippen LogP contribution is 2.22. The minimum atomic E-state index is -4.13. The number of hydrogen-bond donors (Lipinski definition) is 1. The van der Waals surface area contributed by atoms with Gasteiger partial charge >= 0.3 is 6.18 Å². The Bertz CT molecular complexity index is 260. The smallest absolute Gasteiger partial charge is 0.356 e. The molecule has 0 saturated carbocycles. The van der Waals surface area contributed by atoms with E-state index >= 15 is 0 Å². The SMILES string of the molecule is O=C(CCBr)NCC1CCN(CC(F)(F)F)C1. The lowest BCUT2D eigenvalue weighted by Gasteiger charge is -2.17. The van der Waals surface area contributed by atoms with Crippen molar-refractivity contribution in [1.82, 2.24) is 10.2 Å². The second-order valence-electron chi connectivity index (χ2n) is 4.25. The van der Waals surface area contributed by atoms with Crippen molar-refractivity contribution >= 4 is 21.8 Å². The molecule has 1 aliphatic rings. The lowest BCUT2D eigenvalue weighted by atomic mass is 10.1. The van der Waals surface area contributed by atoms with Crippen LogP contribution in [-0.4, -0.2) is 48.5 Å². The molecule has 0 bridgehead atoms. The molecule has 1 heterocycles. The number of carbonyl (C=O) groups is 1. The number of amides is 1. The summed E-state index contributed by atoms with van der Waals surface area (Å²) >= 11 is 3.15. The summed E-state index contributed by atoms with van der Waals surface area (Å²) in [6, 6.07) is 0. The molecule has 100 valence electrons. The average Bonchev–Trinajstić information content (AvgIpc) is 2.60. The first kappa shape index (κ1) is 14.8. The Morgan fingerprint density at radius 2 is 2.18 bits per heavy atom. The van der Waals surface area contributed by atoms with Crippen molar-refractivity contribution in [3.8, 4) is 0 Å². The first-order valence-electron chi connectivity index (χ1n) is 5.52. The van der Waals surface area contributed by atoms with E-state index in [9.17, 15) is 18.0 Å². The third-order valence-electron chi connectivity index (χ3n) is 2.68. The molecule has 1 N–H and O–H groups in total. The van der Waals surface area contributed by atoms with E-state index in [-0.39, 0.29) is 11.8 Å². The van der Waals surface area contributed by atoms with Crippen LogP contribution in [0.15, 0.2) is 0 Å². The van der Waals surface area contributed by atoms with Gasteiger partial charge in [-0.3, -0.25) is 9.69 Å². The van der Waals surface area contributed by atoms with Gasteiger partial charge in [0, 0.05) is 24.8 Å². The highest BCUT2D eigenvalue weighted by molar-refractivity contribution is 9.09. The third-order valence-corrected chi connectivity index (χ3v) is 3.08. The highest BCUT2D eigenvalue weighted by atomic mass is 79.9. The normalized spacial score (nSPS) is 21.8. The van der Waals surface area contributed by atoms with Crippen LogP contribution in [0.1, 0.15) is 12.8 Å². The average molecular weight is 317 g/mol. The summed E-state index contributed by atoms with van der Waals surface area (Å²) in [6.07, 6.45) is -3.02. The minimum absolute atomic E-state index is 0.0591. The summed E-state index contributed by atoms with van der Waals surface area (Å²) in [5.74, 6) is 0.0766. The van der Waals surface area contributed by atoms with Gasteiger partial charge in [-0.1, -0.05) is 15.9 Å². The summed E-state index contributed by atoms with van der Waals surface area (Å²) < 4.78 is 36.4. The van der Waals surface area contributed by atoms with Crippen molar-refractivity contribution in [3.05, 3.63) is 0 Å². The quantitative estimate of drug-likeness (QED) is 0.784. The van der Waals surface area contributed by atoms with Gasteiger partial charge in [0.1, 0.15) is 0 Å². The molecule has 1 fully saturated rings. The molecule has 1 amide bonds. The second-order valence-corrected chi connectivity index (χ2v) is 5.04. The monoisotopic (exact) mass is 316 g/mol.